The fourth-order valence-corrected chi connectivity index (χ4v) is 1.94. The zero-order valence-corrected chi connectivity index (χ0v) is 11.5. The van der Waals surface area contributed by atoms with Gasteiger partial charge >= 0.3 is 5.97 Å². The monoisotopic (exact) mass is 261 g/mol. The molecule has 0 aliphatic rings. The number of anilines is 2. The first-order chi connectivity index (χ1) is 9.04. The topological polar surface area (TPSA) is 79.4 Å². The fourth-order valence-electron chi connectivity index (χ4n) is 1.94. The molecule has 0 aliphatic carbocycles. The molecule has 1 unspecified atom stereocenters. The third-order valence-electron chi connectivity index (χ3n) is 2.89. The Balaban J connectivity index is 3.22. The van der Waals surface area contributed by atoms with Gasteiger partial charge in [-0.25, -0.2) is 4.79 Å². The highest BCUT2D eigenvalue weighted by molar-refractivity contribution is 5.99. The predicted octanol–water partition coefficient (Wildman–Crippen LogP) is 2.04. The van der Waals surface area contributed by atoms with E-state index in [0.29, 0.717) is 30.0 Å². The zero-order valence-electron chi connectivity index (χ0n) is 11.5. The molecular formula is C14H19N3O2. The highest BCUT2D eigenvalue weighted by Crippen LogP contribution is 2.29. The SMILES string of the molecule is CCN(CC(C)C#N)c1c(N)cccc1C(=O)OC. The number of hydrogen-bond donors (Lipinski definition) is 1. The summed E-state index contributed by atoms with van der Waals surface area (Å²) in [5.74, 6) is -0.574. The molecular weight excluding hydrogens is 242 g/mol. The van der Waals surface area contributed by atoms with Gasteiger partial charge in [-0.15, -0.1) is 0 Å². The van der Waals surface area contributed by atoms with Gasteiger partial charge in [0.1, 0.15) is 0 Å². The first-order valence-electron chi connectivity index (χ1n) is 6.16. The van der Waals surface area contributed by atoms with E-state index in [-0.39, 0.29) is 5.92 Å². The molecule has 0 aliphatic heterocycles. The summed E-state index contributed by atoms with van der Waals surface area (Å²) >= 11 is 0. The van der Waals surface area contributed by atoms with Crippen molar-refractivity contribution in [1.82, 2.24) is 0 Å². The second-order valence-electron chi connectivity index (χ2n) is 4.30. The van der Waals surface area contributed by atoms with E-state index < -0.39 is 5.97 Å². The average molecular weight is 261 g/mol. The van der Waals surface area contributed by atoms with E-state index in [1.807, 2.05) is 18.7 Å². The molecule has 1 rings (SSSR count). The Morgan fingerprint density at radius 3 is 2.79 bits per heavy atom. The van der Waals surface area contributed by atoms with E-state index in [4.69, 9.17) is 15.7 Å². The molecule has 5 heteroatoms. The Morgan fingerprint density at radius 2 is 2.26 bits per heavy atom. The van der Waals surface area contributed by atoms with Crippen LogP contribution >= 0.6 is 0 Å². The summed E-state index contributed by atoms with van der Waals surface area (Å²) in [6.07, 6.45) is 0. The second-order valence-corrected chi connectivity index (χ2v) is 4.30. The number of carbonyl (C=O) groups is 1. The number of esters is 1. The Bertz CT molecular complexity index is 494. The van der Waals surface area contributed by atoms with Crippen molar-refractivity contribution in [1.29, 1.82) is 5.26 Å². The van der Waals surface area contributed by atoms with Gasteiger partial charge in [-0.1, -0.05) is 6.07 Å². The minimum atomic E-state index is -0.426. The molecule has 1 aromatic rings. The van der Waals surface area contributed by atoms with E-state index in [2.05, 4.69) is 6.07 Å². The number of carbonyl (C=O) groups excluding carboxylic acids is 1. The smallest absolute Gasteiger partial charge is 0.340 e. The summed E-state index contributed by atoms with van der Waals surface area (Å²) in [6.45, 7) is 4.96. The van der Waals surface area contributed by atoms with Crippen molar-refractivity contribution >= 4 is 17.3 Å². The minimum Gasteiger partial charge on any atom is -0.465 e. The standard InChI is InChI=1S/C14H19N3O2/c1-4-17(9-10(2)8-15)13-11(14(18)19-3)6-5-7-12(13)16/h5-7,10H,4,9,16H2,1-3H3. The van der Waals surface area contributed by atoms with Crippen LogP contribution in [0.5, 0.6) is 0 Å². The van der Waals surface area contributed by atoms with E-state index >= 15 is 0 Å². The van der Waals surface area contributed by atoms with E-state index in [9.17, 15) is 4.79 Å². The second kappa shape index (κ2) is 6.64. The zero-order chi connectivity index (χ0) is 14.4. The van der Waals surface area contributed by atoms with Crippen LogP contribution in [0.4, 0.5) is 11.4 Å². The van der Waals surface area contributed by atoms with Crippen LogP contribution in [0.1, 0.15) is 24.2 Å². The average Bonchev–Trinajstić information content (AvgIpc) is 2.43. The molecule has 0 bridgehead atoms. The van der Waals surface area contributed by atoms with Crippen molar-refractivity contribution in [3.63, 3.8) is 0 Å². The number of nitriles is 1. The van der Waals surface area contributed by atoms with Gasteiger partial charge in [-0.3, -0.25) is 0 Å². The predicted molar refractivity (Wildman–Crippen MR) is 74.9 cm³/mol. The van der Waals surface area contributed by atoms with Gasteiger partial charge in [0.15, 0.2) is 0 Å². The van der Waals surface area contributed by atoms with Crippen molar-refractivity contribution < 1.29 is 9.53 Å². The number of para-hydroxylation sites is 1. The maximum absolute atomic E-state index is 11.8. The molecule has 0 heterocycles. The molecule has 0 radical (unpaired) electrons. The molecule has 2 N–H and O–H groups in total. The molecule has 0 spiro atoms. The fraction of sp³-hybridized carbons (Fsp3) is 0.429. The van der Waals surface area contributed by atoms with Crippen LogP contribution < -0.4 is 10.6 Å². The van der Waals surface area contributed by atoms with Gasteiger partial charge in [-0.2, -0.15) is 5.26 Å². The first-order valence-corrected chi connectivity index (χ1v) is 6.16. The van der Waals surface area contributed by atoms with E-state index in [1.54, 1.807) is 18.2 Å². The van der Waals surface area contributed by atoms with Gasteiger partial charge in [0.05, 0.1) is 36.0 Å². The van der Waals surface area contributed by atoms with Crippen molar-refractivity contribution in [2.24, 2.45) is 5.92 Å². The molecule has 102 valence electrons. The van der Waals surface area contributed by atoms with Crippen molar-refractivity contribution in [3.8, 4) is 6.07 Å². The van der Waals surface area contributed by atoms with Crippen molar-refractivity contribution in [2.75, 3.05) is 30.8 Å². The summed E-state index contributed by atoms with van der Waals surface area (Å²) in [6, 6.07) is 7.31. The number of nitrogens with two attached hydrogens (primary N) is 1. The van der Waals surface area contributed by atoms with E-state index in [0.717, 1.165) is 0 Å². The van der Waals surface area contributed by atoms with Gasteiger partial charge in [0.25, 0.3) is 0 Å². The van der Waals surface area contributed by atoms with Gasteiger partial charge < -0.3 is 15.4 Å². The molecule has 0 aromatic heterocycles. The van der Waals surface area contributed by atoms with Gasteiger partial charge in [0, 0.05) is 13.1 Å². The Morgan fingerprint density at radius 1 is 1.58 bits per heavy atom. The van der Waals surface area contributed by atoms with Gasteiger partial charge in [0.2, 0.25) is 0 Å². The Kier molecular flexibility index (Phi) is 5.19. The van der Waals surface area contributed by atoms with Crippen molar-refractivity contribution in [2.45, 2.75) is 13.8 Å². The summed E-state index contributed by atoms with van der Waals surface area (Å²) in [5.41, 5.74) is 7.55. The van der Waals surface area contributed by atoms with Gasteiger partial charge in [-0.05, 0) is 26.0 Å². The largest absolute Gasteiger partial charge is 0.465 e. The number of nitrogens with zero attached hydrogens (tertiary/aromatic N) is 2. The van der Waals surface area contributed by atoms with Crippen LogP contribution in [-0.4, -0.2) is 26.2 Å². The molecule has 1 atom stereocenters. The molecule has 0 amide bonds. The third-order valence-corrected chi connectivity index (χ3v) is 2.89. The summed E-state index contributed by atoms with van der Waals surface area (Å²) in [4.78, 5) is 13.7. The van der Waals surface area contributed by atoms with Crippen LogP contribution in [0.15, 0.2) is 18.2 Å². The lowest BCUT2D eigenvalue weighted by molar-refractivity contribution is 0.0601. The first kappa shape index (κ1) is 14.8. The van der Waals surface area contributed by atoms with Crippen LogP contribution in [0.3, 0.4) is 0 Å². The summed E-state index contributed by atoms with van der Waals surface area (Å²) in [7, 11) is 1.34. The minimum absolute atomic E-state index is 0.148. The molecule has 0 fully saturated rings. The molecule has 0 saturated carbocycles. The highest BCUT2D eigenvalue weighted by atomic mass is 16.5. The van der Waals surface area contributed by atoms with Crippen LogP contribution in [-0.2, 0) is 4.74 Å². The third kappa shape index (κ3) is 3.38. The number of benzene rings is 1. The number of methoxy groups -OCH3 is 1. The quantitative estimate of drug-likeness (QED) is 0.648. The summed E-state index contributed by atoms with van der Waals surface area (Å²) in [5, 5.41) is 8.92. The molecule has 19 heavy (non-hydrogen) atoms. The number of hydrogen-bond acceptors (Lipinski definition) is 5. The lowest BCUT2D eigenvalue weighted by Crippen LogP contribution is -2.30. The Hall–Kier alpha value is -2.22. The number of nitrogen functional groups attached to an aromatic ring is 1. The number of ether oxygens (including phenoxy) is 1. The maximum Gasteiger partial charge on any atom is 0.340 e. The maximum atomic E-state index is 11.8. The van der Waals surface area contributed by atoms with Crippen LogP contribution in [0.25, 0.3) is 0 Å². The van der Waals surface area contributed by atoms with Crippen LogP contribution in [0, 0.1) is 17.2 Å². The van der Waals surface area contributed by atoms with Crippen LogP contribution in [0.2, 0.25) is 0 Å². The lowest BCUT2D eigenvalue weighted by Gasteiger charge is -2.27. The lowest BCUT2D eigenvalue weighted by atomic mass is 10.1. The summed E-state index contributed by atoms with van der Waals surface area (Å²) < 4.78 is 4.77. The highest BCUT2D eigenvalue weighted by Gasteiger charge is 2.20. The number of rotatable bonds is 5. The van der Waals surface area contributed by atoms with E-state index in [1.165, 1.54) is 7.11 Å². The molecule has 0 saturated heterocycles. The molecule has 5 nitrogen and oxygen atoms in total. The Labute approximate surface area is 113 Å². The van der Waals surface area contributed by atoms with Crippen molar-refractivity contribution in [3.05, 3.63) is 23.8 Å². The molecule has 1 aromatic carbocycles. The normalized spacial score (nSPS) is 11.5.